The van der Waals surface area contributed by atoms with Crippen LogP contribution >= 0.6 is 11.3 Å². The molecule has 4 N–H and O–H groups in total. The zero-order chi connectivity index (χ0) is 24.0. The molecular weight excluding hydrogens is 459 g/mol. The van der Waals surface area contributed by atoms with Gasteiger partial charge in [-0.1, -0.05) is 37.5 Å². The molecule has 1 aromatic carbocycles. The molecule has 1 saturated carbocycles. The molecule has 188 valence electrons. The molecule has 7 heteroatoms. The van der Waals surface area contributed by atoms with Crippen molar-refractivity contribution in [2.45, 2.75) is 75.8 Å². The third kappa shape index (κ3) is 4.13. The summed E-state index contributed by atoms with van der Waals surface area (Å²) in [6.07, 6.45) is 7.98. The van der Waals surface area contributed by atoms with Crippen LogP contribution < -0.4 is 10.6 Å². The van der Waals surface area contributed by atoms with Crippen molar-refractivity contribution in [2.75, 3.05) is 26.2 Å². The highest BCUT2D eigenvalue weighted by Crippen LogP contribution is 2.44. The number of hydrogen-bond acceptors (Lipinski definition) is 3. The van der Waals surface area contributed by atoms with Gasteiger partial charge in [0.25, 0.3) is 0 Å². The molecule has 3 aliphatic heterocycles. The van der Waals surface area contributed by atoms with Gasteiger partial charge in [-0.2, -0.15) is 0 Å². The molecule has 4 heterocycles. The largest absolute Gasteiger partial charge is 0.345 e. The summed E-state index contributed by atoms with van der Waals surface area (Å²) in [5, 5.41) is 5.85. The SMILES string of the molecule is Cc1nc2c(s1)[C@]1(C[NH2+]C2)C[NH2+]C[C@H]1C(=O)N1CC[C@@H](c2ccccc2F)C[C@H]1C1CCCCC1. The van der Waals surface area contributed by atoms with Gasteiger partial charge >= 0.3 is 0 Å². The number of quaternary nitrogens is 2. The average Bonchev–Trinajstić information content (AvgIpc) is 3.48. The predicted molar refractivity (Wildman–Crippen MR) is 135 cm³/mol. The van der Waals surface area contributed by atoms with Crippen LogP contribution in [-0.2, 0) is 16.8 Å². The monoisotopic (exact) mass is 498 g/mol. The zero-order valence-corrected chi connectivity index (χ0v) is 21.7. The standard InChI is InChI=1S/C28H37FN4OS/c1-18-32-24-15-31-17-28(26(24)35-18)16-30-14-22(28)27(34)33-12-11-20(21-9-5-6-10-23(21)29)13-25(33)19-7-3-2-4-8-19/h5-6,9-10,19-20,22,25,30-31H,2-4,7-8,11-17H2,1H3/p+2/t20-,22+,25+,28+/m1/s1. The maximum Gasteiger partial charge on any atom is 0.233 e. The first-order chi connectivity index (χ1) is 17.1. The first-order valence-electron chi connectivity index (χ1n) is 13.7. The van der Waals surface area contributed by atoms with E-state index in [1.165, 1.54) is 42.7 Å². The summed E-state index contributed by atoms with van der Waals surface area (Å²) < 4.78 is 14.7. The van der Waals surface area contributed by atoms with Crippen molar-refractivity contribution in [1.82, 2.24) is 9.88 Å². The summed E-state index contributed by atoms with van der Waals surface area (Å²) in [5.74, 6) is 1.02. The van der Waals surface area contributed by atoms with E-state index in [-0.39, 0.29) is 29.1 Å². The zero-order valence-electron chi connectivity index (χ0n) is 20.8. The Morgan fingerprint density at radius 3 is 2.77 bits per heavy atom. The van der Waals surface area contributed by atoms with Crippen LogP contribution in [0.4, 0.5) is 4.39 Å². The van der Waals surface area contributed by atoms with Gasteiger partial charge < -0.3 is 15.5 Å². The molecule has 0 bridgehead atoms. The van der Waals surface area contributed by atoms with Gasteiger partial charge in [-0.05, 0) is 56.1 Å². The molecule has 4 atom stereocenters. The number of halogens is 1. The second-order valence-corrected chi connectivity index (χ2v) is 12.6. The number of thiazole rings is 1. The molecule has 1 spiro atoms. The van der Waals surface area contributed by atoms with Gasteiger partial charge in [-0.25, -0.2) is 9.37 Å². The summed E-state index contributed by atoms with van der Waals surface area (Å²) in [6, 6.07) is 7.52. The first-order valence-corrected chi connectivity index (χ1v) is 14.5. The third-order valence-electron chi connectivity index (χ3n) is 9.45. The van der Waals surface area contributed by atoms with Crippen LogP contribution in [0, 0.1) is 24.6 Å². The quantitative estimate of drug-likeness (QED) is 0.683. The molecule has 0 unspecified atom stereocenters. The van der Waals surface area contributed by atoms with E-state index < -0.39 is 0 Å². The highest BCUT2D eigenvalue weighted by Gasteiger charge is 2.58. The van der Waals surface area contributed by atoms with Crippen molar-refractivity contribution in [3.63, 3.8) is 0 Å². The van der Waals surface area contributed by atoms with Gasteiger partial charge in [-0.15, -0.1) is 11.3 Å². The number of carbonyl (C=O) groups is 1. The van der Waals surface area contributed by atoms with E-state index in [4.69, 9.17) is 4.98 Å². The summed E-state index contributed by atoms with van der Waals surface area (Å²) in [6.45, 7) is 6.61. The number of likely N-dealkylation sites (tertiary alicyclic amines) is 1. The molecule has 3 fully saturated rings. The Balaban J connectivity index is 1.30. The Bertz CT molecular complexity index is 1080. The molecular formula is C28H39FN4OS+2. The fourth-order valence-electron chi connectivity index (χ4n) is 7.77. The number of nitrogens with two attached hydrogens (primary N) is 2. The van der Waals surface area contributed by atoms with Gasteiger partial charge in [0.1, 0.15) is 29.4 Å². The van der Waals surface area contributed by atoms with Gasteiger partial charge in [0.2, 0.25) is 5.91 Å². The van der Waals surface area contributed by atoms with Crippen LogP contribution in [0.3, 0.4) is 0 Å². The van der Waals surface area contributed by atoms with E-state index in [9.17, 15) is 9.18 Å². The van der Waals surface area contributed by atoms with E-state index in [0.29, 0.717) is 11.8 Å². The van der Waals surface area contributed by atoms with Gasteiger partial charge in [0.15, 0.2) is 0 Å². The van der Waals surface area contributed by atoms with Crippen LogP contribution in [-0.4, -0.2) is 48.0 Å². The molecule has 2 saturated heterocycles. The van der Waals surface area contributed by atoms with Gasteiger partial charge in [-0.3, -0.25) is 4.79 Å². The van der Waals surface area contributed by atoms with Gasteiger partial charge in [0.05, 0.1) is 29.5 Å². The van der Waals surface area contributed by atoms with Crippen molar-refractivity contribution >= 4 is 17.2 Å². The van der Waals surface area contributed by atoms with Crippen LogP contribution in [0.1, 0.15) is 72.0 Å². The second-order valence-electron chi connectivity index (χ2n) is 11.4. The molecule has 35 heavy (non-hydrogen) atoms. The lowest BCUT2D eigenvalue weighted by Crippen LogP contribution is -2.91. The number of aromatic nitrogens is 1. The van der Waals surface area contributed by atoms with Crippen molar-refractivity contribution in [3.8, 4) is 0 Å². The minimum atomic E-state index is -0.101. The third-order valence-corrected chi connectivity index (χ3v) is 10.7. The number of nitrogens with zero attached hydrogens (tertiary/aromatic N) is 2. The maximum atomic E-state index is 14.7. The summed E-state index contributed by atoms with van der Waals surface area (Å²) in [5.41, 5.74) is 1.95. The van der Waals surface area contributed by atoms with Crippen LogP contribution in [0.2, 0.25) is 0 Å². The lowest BCUT2D eigenvalue weighted by molar-refractivity contribution is -0.691. The number of rotatable bonds is 3. The lowest BCUT2D eigenvalue weighted by Gasteiger charge is -2.46. The number of aryl methyl sites for hydroxylation is 1. The number of hydrogen-bond donors (Lipinski definition) is 2. The number of carbonyl (C=O) groups excluding carboxylic acids is 1. The van der Waals surface area contributed by atoms with Crippen molar-refractivity contribution < 1.29 is 19.8 Å². The molecule has 5 nitrogen and oxygen atoms in total. The topological polar surface area (TPSA) is 66.4 Å². The van der Waals surface area contributed by atoms with Crippen molar-refractivity contribution in [2.24, 2.45) is 11.8 Å². The smallest absolute Gasteiger partial charge is 0.233 e. The van der Waals surface area contributed by atoms with Crippen molar-refractivity contribution in [3.05, 3.63) is 51.2 Å². The van der Waals surface area contributed by atoms with E-state index in [2.05, 4.69) is 22.5 Å². The van der Waals surface area contributed by atoms with Crippen LogP contribution in [0.25, 0.3) is 0 Å². The highest BCUT2D eigenvalue weighted by molar-refractivity contribution is 7.11. The van der Waals surface area contributed by atoms with Crippen LogP contribution in [0.15, 0.2) is 24.3 Å². The minimum absolute atomic E-state index is 0.00810. The first kappa shape index (κ1) is 23.6. The lowest BCUT2D eigenvalue weighted by atomic mass is 9.71. The molecule has 1 aromatic heterocycles. The summed E-state index contributed by atoms with van der Waals surface area (Å²) in [7, 11) is 0. The summed E-state index contributed by atoms with van der Waals surface area (Å²) >= 11 is 1.82. The molecule has 2 aromatic rings. The number of fused-ring (bicyclic) bond motifs is 2. The maximum absolute atomic E-state index is 14.7. The Morgan fingerprint density at radius 2 is 1.94 bits per heavy atom. The number of benzene rings is 1. The summed E-state index contributed by atoms with van der Waals surface area (Å²) in [4.78, 5) is 22.9. The number of piperidine rings is 1. The molecule has 6 rings (SSSR count). The Hall–Kier alpha value is -1.83. The molecule has 1 aliphatic carbocycles. The number of amides is 1. The van der Waals surface area contributed by atoms with Crippen molar-refractivity contribution in [1.29, 1.82) is 0 Å². The normalized spacial score (nSPS) is 31.6. The van der Waals surface area contributed by atoms with E-state index >= 15 is 0 Å². The Labute approximate surface area is 211 Å². The minimum Gasteiger partial charge on any atom is -0.345 e. The molecule has 0 radical (unpaired) electrons. The van der Waals surface area contributed by atoms with Gasteiger partial charge in [0, 0.05) is 12.6 Å². The highest BCUT2D eigenvalue weighted by atomic mass is 32.1. The van der Waals surface area contributed by atoms with Crippen LogP contribution in [0.5, 0.6) is 0 Å². The fourth-order valence-corrected chi connectivity index (χ4v) is 8.98. The molecule has 1 amide bonds. The van der Waals surface area contributed by atoms with E-state index in [0.717, 1.165) is 56.1 Å². The Morgan fingerprint density at radius 1 is 1.14 bits per heavy atom. The van der Waals surface area contributed by atoms with E-state index in [1.54, 1.807) is 12.1 Å². The van der Waals surface area contributed by atoms with E-state index in [1.807, 2.05) is 23.5 Å². The molecule has 4 aliphatic rings. The Kier molecular flexibility index (Phi) is 6.44. The predicted octanol–water partition coefficient (Wildman–Crippen LogP) is 2.45. The average molecular weight is 499 g/mol. The second kappa shape index (κ2) is 9.56. The fraction of sp³-hybridized carbons (Fsp3) is 0.643.